The Bertz CT molecular complexity index is 488. The summed E-state index contributed by atoms with van der Waals surface area (Å²) >= 11 is 0. The predicted molar refractivity (Wildman–Crippen MR) is 108 cm³/mol. The summed E-state index contributed by atoms with van der Waals surface area (Å²) in [5.41, 5.74) is 2.55. The van der Waals surface area contributed by atoms with Crippen LogP contribution in [0.2, 0.25) is 0 Å². The van der Waals surface area contributed by atoms with Crippen LogP contribution in [0, 0.1) is 6.92 Å². The van der Waals surface area contributed by atoms with E-state index in [4.69, 9.17) is 0 Å². The number of nitrogens with one attached hydrogen (secondary N) is 3. The van der Waals surface area contributed by atoms with Crippen LogP contribution in [0.3, 0.4) is 0 Å². The van der Waals surface area contributed by atoms with Gasteiger partial charge in [-0.3, -0.25) is 4.79 Å². The summed E-state index contributed by atoms with van der Waals surface area (Å²) < 4.78 is 0. The third kappa shape index (κ3) is 8.78. The van der Waals surface area contributed by atoms with Gasteiger partial charge in [-0.2, -0.15) is 0 Å². The summed E-state index contributed by atoms with van der Waals surface area (Å²) in [5, 5.41) is 9.18. The highest BCUT2D eigenvalue weighted by Crippen LogP contribution is 2.14. The Balaban J connectivity index is 0.00000484. The number of amides is 1. The quantitative estimate of drug-likeness (QED) is 0.352. The van der Waals surface area contributed by atoms with Gasteiger partial charge in [0.1, 0.15) is 6.54 Å². The molecule has 3 N–H and O–H groups in total. The SMILES string of the molecule is CCNC(=O)CN=C(NCC)NCC(C)c1ccc(C)cc1.I. The molecule has 0 aliphatic heterocycles. The minimum absolute atomic E-state index is 0. The lowest BCUT2D eigenvalue weighted by molar-refractivity contribution is -0.119. The van der Waals surface area contributed by atoms with Gasteiger partial charge in [-0.25, -0.2) is 4.99 Å². The number of aryl methyl sites for hydroxylation is 1. The van der Waals surface area contributed by atoms with Crippen LogP contribution in [0.15, 0.2) is 29.3 Å². The maximum absolute atomic E-state index is 11.5. The normalized spacial score (nSPS) is 12.1. The molecule has 1 atom stereocenters. The second-order valence-corrected chi connectivity index (χ2v) is 5.34. The average molecular weight is 432 g/mol. The molecule has 0 aliphatic rings. The van der Waals surface area contributed by atoms with Crippen molar-refractivity contribution in [3.63, 3.8) is 0 Å². The van der Waals surface area contributed by atoms with Crippen molar-refractivity contribution >= 4 is 35.8 Å². The number of aliphatic imine (C=N–C) groups is 1. The number of likely N-dealkylation sites (N-methyl/N-ethyl adjacent to an activating group) is 1. The van der Waals surface area contributed by atoms with Gasteiger partial charge in [-0.15, -0.1) is 24.0 Å². The smallest absolute Gasteiger partial charge is 0.241 e. The molecule has 0 fully saturated rings. The zero-order valence-electron chi connectivity index (χ0n) is 14.5. The molecule has 0 spiro atoms. The Morgan fingerprint density at radius 2 is 1.70 bits per heavy atom. The maximum Gasteiger partial charge on any atom is 0.241 e. The van der Waals surface area contributed by atoms with E-state index in [0.29, 0.717) is 18.4 Å². The second-order valence-electron chi connectivity index (χ2n) is 5.34. The summed E-state index contributed by atoms with van der Waals surface area (Å²) in [6.45, 7) is 10.5. The Morgan fingerprint density at radius 1 is 1.09 bits per heavy atom. The van der Waals surface area contributed by atoms with Crippen LogP contribution in [0.1, 0.15) is 37.8 Å². The van der Waals surface area contributed by atoms with Crippen LogP contribution in [-0.4, -0.2) is 38.0 Å². The first-order valence-electron chi connectivity index (χ1n) is 7.92. The fourth-order valence-electron chi connectivity index (χ4n) is 2.01. The fourth-order valence-corrected chi connectivity index (χ4v) is 2.01. The van der Waals surface area contributed by atoms with E-state index in [2.05, 4.69) is 59.1 Å². The first-order valence-corrected chi connectivity index (χ1v) is 7.92. The Labute approximate surface area is 156 Å². The van der Waals surface area contributed by atoms with Gasteiger partial charge in [0.2, 0.25) is 5.91 Å². The van der Waals surface area contributed by atoms with Crippen LogP contribution < -0.4 is 16.0 Å². The zero-order valence-corrected chi connectivity index (χ0v) is 16.8. The number of halogens is 1. The summed E-state index contributed by atoms with van der Waals surface area (Å²) in [6, 6.07) is 8.56. The molecule has 0 aliphatic carbocycles. The Hall–Kier alpha value is -1.31. The maximum atomic E-state index is 11.5. The lowest BCUT2D eigenvalue weighted by Crippen LogP contribution is -2.40. The number of guanidine groups is 1. The van der Waals surface area contributed by atoms with Gasteiger partial charge in [0.05, 0.1) is 0 Å². The summed E-state index contributed by atoms with van der Waals surface area (Å²) in [7, 11) is 0. The molecule has 0 aromatic heterocycles. The molecule has 1 rings (SSSR count). The van der Waals surface area contributed by atoms with E-state index in [1.807, 2.05) is 13.8 Å². The van der Waals surface area contributed by atoms with Crippen LogP contribution in [0.25, 0.3) is 0 Å². The minimum Gasteiger partial charge on any atom is -0.357 e. The van der Waals surface area contributed by atoms with Gasteiger partial charge < -0.3 is 16.0 Å². The number of benzene rings is 1. The van der Waals surface area contributed by atoms with Crippen molar-refractivity contribution in [2.75, 3.05) is 26.2 Å². The van der Waals surface area contributed by atoms with Gasteiger partial charge in [0.15, 0.2) is 5.96 Å². The number of carbonyl (C=O) groups is 1. The summed E-state index contributed by atoms with van der Waals surface area (Å²) in [5.74, 6) is 0.980. The van der Waals surface area contributed by atoms with Crippen molar-refractivity contribution in [2.24, 2.45) is 4.99 Å². The highest BCUT2D eigenvalue weighted by Gasteiger charge is 2.07. The molecule has 0 bridgehead atoms. The molecule has 0 saturated heterocycles. The van der Waals surface area contributed by atoms with Crippen LogP contribution in [0.5, 0.6) is 0 Å². The number of carbonyl (C=O) groups excluding carboxylic acids is 1. The lowest BCUT2D eigenvalue weighted by atomic mass is 10.0. The molecule has 1 aromatic carbocycles. The molecular weight excluding hydrogens is 403 g/mol. The van der Waals surface area contributed by atoms with Gasteiger partial charge in [-0.05, 0) is 32.3 Å². The van der Waals surface area contributed by atoms with Crippen molar-refractivity contribution in [1.29, 1.82) is 0 Å². The van der Waals surface area contributed by atoms with Gasteiger partial charge in [0.25, 0.3) is 0 Å². The summed E-state index contributed by atoms with van der Waals surface area (Å²) in [6.07, 6.45) is 0. The monoisotopic (exact) mass is 432 g/mol. The average Bonchev–Trinajstić information content (AvgIpc) is 2.50. The third-order valence-electron chi connectivity index (χ3n) is 3.32. The van der Waals surface area contributed by atoms with Crippen molar-refractivity contribution in [3.05, 3.63) is 35.4 Å². The molecule has 0 heterocycles. The topological polar surface area (TPSA) is 65.5 Å². The molecule has 5 nitrogen and oxygen atoms in total. The number of rotatable bonds is 7. The van der Waals surface area contributed by atoms with Crippen molar-refractivity contribution in [3.8, 4) is 0 Å². The van der Waals surface area contributed by atoms with Crippen LogP contribution >= 0.6 is 24.0 Å². The van der Waals surface area contributed by atoms with E-state index in [-0.39, 0.29) is 36.4 Å². The number of hydrogen-bond donors (Lipinski definition) is 3. The molecule has 23 heavy (non-hydrogen) atoms. The molecule has 1 amide bonds. The zero-order chi connectivity index (χ0) is 16.4. The van der Waals surface area contributed by atoms with Crippen molar-refractivity contribution in [1.82, 2.24) is 16.0 Å². The predicted octanol–water partition coefficient (Wildman–Crippen LogP) is 2.41. The molecule has 1 aromatic rings. The van der Waals surface area contributed by atoms with E-state index in [0.717, 1.165) is 13.1 Å². The second kappa shape index (κ2) is 12.2. The van der Waals surface area contributed by atoms with Gasteiger partial charge in [0, 0.05) is 19.6 Å². The van der Waals surface area contributed by atoms with Crippen molar-refractivity contribution < 1.29 is 4.79 Å². The van der Waals surface area contributed by atoms with Gasteiger partial charge in [-0.1, -0.05) is 36.8 Å². The van der Waals surface area contributed by atoms with E-state index in [1.165, 1.54) is 11.1 Å². The van der Waals surface area contributed by atoms with Crippen LogP contribution in [0.4, 0.5) is 0 Å². The van der Waals surface area contributed by atoms with Crippen molar-refractivity contribution in [2.45, 2.75) is 33.6 Å². The number of hydrogen-bond acceptors (Lipinski definition) is 2. The minimum atomic E-state index is -0.0636. The van der Waals surface area contributed by atoms with E-state index in [9.17, 15) is 4.79 Å². The van der Waals surface area contributed by atoms with E-state index >= 15 is 0 Å². The first kappa shape index (κ1) is 21.7. The van der Waals surface area contributed by atoms with E-state index < -0.39 is 0 Å². The standard InChI is InChI=1S/C17H28N4O.HI/c1-5-18-16(22)12-21-17(19-6-2)20-11-14(4)15-9-7-13(3)8-10-15;/h7-10,14H,5-6,11-12H2,1-4H3,(H,18,22)(H2,19,20,21);1H. The Kier molecular flexibility index (Phi) is 11.5. The van der Waals surface area contributed by atoms with Gasteiger partial charge >= 0.3 is 0 Å². The molecule has 6 heteroatoms. The summed E-state index contributed by atoms with van der Waals surface area (Å²) in [4.78, 5) is 15.8. The molecule has 0 radical (unpaired) electrons. The number of nitrogens with zero attached hydrogens (tertiary/aromatic N) is 1. The molecule has 1 unspecified atom stereocenters. The highest BCUT2D eigenvalue weighted by molar-refractivity contribution is 14.0. The van der Waals surface area contributed by atoms with E-state index in [1.54, 1.807) is 0 Å². The largest absolute Gasteiger partial charge is 0.357 e. The molecular formula is C17H29IN4O. The highest BCUT2D eigenvalue weighted by atomic mass is 127. The Morgan fingerprint density at radius 3 is 2.26 bits per heavy atom. The molecule has 130 valence electrons. The lowest BCUT2D eigenvalue weighted by Gasteiger charge is -2.16. The molecule has 0 saturated carbocycles. The third-order valence-corrected chi connectivity index (χ3v) is 3.32. The first-order chi connectivity index (χ1) is 10.6. The fraction of sp³-hybridized carbons (Fsp3) is 0.529. The van der Waals surface area contributed by atoms with Crippen LogP contribution in [-0.2, 0) is 4.79 Å².